The number of β-amino-alcohol motifs (C(OH)–C–C–N with tert-alkyl or cyclic N) is 1. The van der Waals surface area contributed by atoms with Crippen LogP contribution in [0.2, 0.25) is 0 Å². The van der Waals surface area contributed by atoms with E-state index in [4.69, 9.17) is 0 Å². The van der Waals surface area contributed by atoms with Gasteiger partial charge < -0.3 is 10.4 Å². The van der Waals surface area contributed by atoms with Gasteiger partial charge in [0, 0.05) is 17.8 Å². The minimum absolute atomic E-state index is 0.0249. The largest absolute Gasteiger partial charge is 0.391 e. The van der Waals surface area contributed by atoms with Gasteiger partial charge in [0.15, 0.2) is 0 Å². The summed E-state index contributed by atoms with van der Waals surface area (Å²) in [5.74, 6) is 0.607. The monoisotopic (exact) mass is 299 g/mol. The Kier molecular flexibility index (Phi) is 5.40. The quantitative estimate of drug-likeness (QED) is 0.778. The molecule has 0 saturated heterocycles. The van der Waals surface area contributed by atoms with E-state index < -0.39 is 6.10 Å². The van der Waals surface area contributed by atoms with Crippen molar-refractivity contribution in [1.82, 2.24) is 25.5 Å². The zero-order valence-corrected chi connectivity index (χ0v) is 13.4. The van der Waals surface area contributed by atoms with Crippen molar-refractivity contribution in [3.05, 3.63) is 0 Å². The molecule has 1 unspecified atom stereocenters. The number of hydrogen-bond donors (Lipinski definition) is 2. The topological polar surface area (TPSA) is 75.9 Å². The Hall–Kier alpha value is -0.660. The lowest BCUT2D eigenvalue weighted by Crippen LogP contribution is -2.41. The second kappa shape index (κ2) is 6.87. The average molecular weight is 299 g/mol. The predicted octanol–water partition coefficient (Wildman–Crippen LogP) is 1.63. The van der Waals surface area contributed by atoms with Crippen molar-refractivity contribution in [1.29, 1.82) is 0 Å². The van der Waals surface area contributed by atoms with Gasteiger partial charge in [-0.3, -0.25) is 0 Å². The van der Waals surface area contributed by atoms with E-state index in [1.165, 1.54) is 24.6 Å². The van der Waals surface area contributed by atoms with Crippen LogP contribution in [0.5, 0.6) is 0 Å². The number of aliphatic hydroxyl groups excluding tert-OH is 1. The van der Waals surface area contributed by atoms with Crippen LogP contribution in [0.15, 0.2) is 5.16 Å². The number of thioether (sulfide) groups is 1. The zero-order valence-electron chi connectivity index (χ0n) is 12.5. The predicted molar refractivity (Wildman–Crippen MR) is 79.8 cm³/mol. The number of tetrazole rings is 1. The molecule has 1 aromatic rings. The van der Waals surface area contributed by atoms with Gasteiger partial charge in [-0.05, 0) is 44.0 Å². The van der Waals surface area contributed by atoms with Gasteiger partial charge >= 0.3 is 0 Å². The summed E-state index contributed by atoms with van der Waals surface area (Å²) in [6, 6.07) is 0.442. The molecule has 0 aliphatic heterocycles. The molecule has 1 aliphatic carbocycles. The van der Waals surface area contributed by atoms with E-state index in [9.17, 15) is 5.11 Å². The van der Waals surface area contributed by atoms with Crippen LogP contribution in [0.3, 0.4) is 0 Å². The van der Waals surface area contributed by atoms with Gasteiger partial charge in [-0.2, -0.15) is 0 Å². The van der Waals surface area contributed by atoms with Crippen molar-refractivity contribution < 1.29 is 5.11 Å². The maximum absolute atomic E-state index is 10.0. The van der Waals surface area contributed by atoms with E-state index in [1.54, 1.807) is 0 Å². The maximum Gasteiger partial charge on any atom is 0.209 e. The van der Waals surface area contributed by atoms with Crippen molar-refractivity contribution in [2.45, 2.75) is 69.3 Å². The second-order valence-electron chi connectivity index (χ2n) is 6.44. The minimum Gasteiger partial charge on any atom is -0.391 e. The minimum atomic E-state index is -0.395. The Morgan fingerprint density at radius 2 is 2.10 bits per heavy atom. The fraction of sp³-hybridized carbons (Fsp3) is 0.923. The molecule has 6 nitrogen and oxygen atoms in total. The van der Waals surface area contributed by atoms with Crippen molar-refractivity contribution in [3.8, 4) is 0 Å². The molecule has 7 heteroatoms. The highest BCUT2D eigenvalue weighted by molar-refractivity contribution is 7.99. The highest BCUT2D eigenvalue weighted by Gasteiger charge is 2.22. The number of hydrogen-bond acceptors (Lipinski definition) is 6. The van der Waals surface area contributed by atoms with Gasteiger partial charge in [-0.1, -0.05) is 24.6 Å². The van der Waals surface area contributed by atoms with E-state index in [2.05, 4.69) is 41.6 Å². The average Bonchev–Trinajstić information content (AvgIpc) is 3.02. The first-order chi connectivity index (χ1) is 9.46. The van der Waals surface area contributed by atoms with Crippen LogP contribution in [0.4, 0.5) is 0 Å². The van der Waals surface area contributed by atoms with Gasteiger partial charge in [0.1, 0.15) is 0 Å². The maximum atomic E-state index is 10.0. The van der Waals surface area contributed by atoms with Crippen LogP contribution in [0.1, 0.15) is 52.5 Å². The Morgan fingerprint density at radius 1 is 1.40 bits per heavy atom. The summed E-state index contributed by atoms with van der Waals surface area (Å²) in [6.07, 6.45) is 4.44. The first kappa shape index (κ1) is 15.7. The summed E-state index contributed by atoms with van der Waals surface area (Å²) < 4.78 is 1.93. The summed E-state index contributed by atoms with van der Waals surface area (Å²) in [4.78, 5) is 0. The molecule has 0 amide bonds. The van der Waals surface area contributed by atoms with Gasteiger partial charge in [-0.15, -0.1) is 5.10 Å². The van der Waals surface area contributed by atoms with Crippen molar-refractivity contribution >= 4 is 11.8 Å². The number of rotatable bonds is 6. The van der Waals surface area contributed by atoms with E-state index in [0.717, 1.165) is 18.0 Å². The third kappa shape index (κ3) is 4.71. The first-order valence-electron chi connectivity index (χ1n) is 7.29. The van der Waals surface area contributed by atoms with Crippen LogP contribution >= 0.6 is 11.8 Å². The van der Waals surface area contributed by atoms with Crippen molar-refractivity contribution in [2.75, 3.05) is 12.3 Å². The van der Waals surface area contributed by atoms with Crippen LogP contribution in [-0.2, 0) is 0 Å². The normalized spacial score (nSPS) is 18.6. The molecule has 1 heterocycles. The molecular formula is C13H25N5OS. The summed E-state index contributed by atoms with van der Waals surface area (Å²) in [6.45, 7) is 6.86. The summed E-state index contributed by atoms with van der Waals surface area (Å²) in [5.41, 5.74) is 0.0249. The Morgan fingerprint density at radius 3 is 2.75 bits per heavy atom. The fourth-order valence-corrected chi connectivity index (χ4v) is 3.18. The number of nitrogens with zero attached hydrogens (tertiary/aromatic N) is 4. The molecule has 2 rings (SSSR count). The molecule has 0 bridgehead atoms. The van der Waals surface area contributed by atoms with Gasteiger partial charge in [0.2, 0.25) is 5.16 Å². The number of aromatic nitrogens is 4. The van der Waals surface area contributed by atoms with Crippen LogP contribution in [0.25, 0.3) is 0 Å². The SMILES string of the molecule is CC(C)(C)NCC(O)CSc1nnnn1C1CCCC1. The van der Waals surface area contributed by atoms with Crippen LogP contribution in [-0.4, -0.2) is 49.3 Å². The fourth-order valence-electron chi connectivity index (χ4n) is 2.31. The molecule has 1 saturated carbocycles. The summed E-state index contributed by atoms with van der Waals surface area (Å²) in [7, 11) is 0. The van der Waals surface area contributed by atoms with Crippen molar-refractivity contribution in [3.63, 3.8) is 0 Å². The molecule has 0 spiro atoms. The van der Waals surface area contributed by atoms with Gasteiger partial charge in [0.25, 0.3) is 0 Å². The highest BCUT2D eigenvalue weighted by Crippen LogP contribution is 2.31. The molecule has 1 fully saturated rings. The molecule has 1 aliphatic rings. The molecule has 114 valence electrons. The van der Waals surface area contributed by atoms with Crippen LogP contribution < -0.4 is 5.32 Å². The molecule has 2 N–H and O–H groups in total. The van der Waals surface area contributed by atoms with Crippen LogP contribution in [0, 0.1) is 0 Å². The molecule has 20 heavy (non-hydrogen) atoms. The van der Waals surface area contributed by atoms with Gasteiger partial charge in [0.05, 0.1) is 12.1 Å². The zero-order chi connectivity index (χ0) is 14.6. The Labute approximate surface area is 124 Å². The third-order valence-electron chi connectivity index (χ3n) is 3.41. The number of aliphatic hydroxyl groups is 1. The van der Waals surface area contributed by atoms with E-state index in [0.29, 0.717) is 18.3 Å². The second-order valence-corrected chi connectivity index (χ2v) is 7.43. The molecule has 0 radical (unpaired) electrons. The smallest absolute Gasteiger partial charge is 0.209 e. The van der Waals surface area contributed by atoms with E-state index >= 15 is 0 Å². The lowest BCUT2D eigenvalue weighted by molar-refractivity contribution is 0.183. The molecule has 0 aromatic carbocycles. The standard InChI is InChI=1S/C13H25N5OS/c1-13(2,3)14-8-11(19)9-20-12-15-16-17-18(12)10-6-4-5-7-10/h10-11,14,19H,4-9H2,1-3H3. The molecule has 1 atom stereocenters. The highest BCUT2D eigenvalue weighted by atomic mass is 32.2. The lowest BCUT2D eigenvalue weighted by Gasteiger charge is -2.22. The van der Waals surface area contributed by atoms with Gasteiger partial charge in [-0.25, -0.2) is 4.68 Å². The first-order valence-corrected chi connectivity index (χ1v) is 8.28. The molecule has 1 aromatic heterocycles. The Balaban J connectivity index is 1.80. The summed E-state index contributed by atoms with van der Waals surface area (Å²) >= 11 is 1.54. The Bertz CT molecular complexity index is 411. The van der Waals surface area contributed by atoms with Crippen molar-refractivity contribution in [2.24, 2.45) is 0 Å². The van der Waals surface area contributed by atoms with E-state index in [1.807, 2.05) is 4.68 Å². The number of nitrogens with one attached hydrogen (secondary N) is 1. The third-order valence-corrected chi connectivity index (χ3v) is 4.48. The van der Waals surface area contributed by atoms with E-state index in [-0.39, 0.29) is 5.54 Å². The summed E-state index contributed by atoms with van der Waals surface area (Å²) in [5, 5.41) is 26.1. The molecular weight excluding hydrogens is 274 g/mol. The lowest BCUT2D eigenvalue weighted by atomic mass is 10.1.